The number of ether oxygens (including phenoxy) is 1. The third-order valence-corrected chi connectivity index (χ3v) is 5.45. The summed E-state index contributed by atoms with van der Waals surface area (Å²) in [6.07, 6.45) is 0.424. The van der Waals surface area contributed by atoms with Crippen molar-refractivity contribution in [2.45, 2.75) is 12.3 Å². The Labute approximate surface area is 171 Å². The lowest BCUT2D eigenvalue weighted by atomic mass is 9.75. The van der Waals surface area contributed by atoms with Gasteiger partial charge in [0.2, 0.25) is 0 Å². The zero-order chi connectivity index (χ0) is 20.8. The minimum atomic E-state index is -0.954. The van der Waals surface area contributed by atoms with E-state index in [0.29, 0.717) is 35.6 Å². The molecule has 150 valence electrons. The van der Waals surface area contributed by atoms with Gasteiger partial charge in [0.05, 0.1) is 23.3 Å². The van der Waals surface area contributed by atoms with E-state index in [1.165, 1.54) is 17.3 Å². The second-order valence-electron chi connectivity index (χ2n) is 7.22. The van der Waals surface area contributed by atoms with E-state index in [2.05, 4.69) is 15.3 Å². The first-order chi connectivity index (χ1) is 13.8. The highest BCUT2D eigenvalue weighted by molar-refractivity contribution is 6.31. The maximum atomic E-state index is 14.3. The predicted molar refractivity (Wildman–Crippen MR) is 108 cm³/mol. The number of benzene rings is 2. The van der Waals surface area contributed by atoms with Crippen LogP contribution in [0.5, 0.6) is 5.75 Å². The SMILES string of the molecule is COc1cc2ncnc(Nc3cccc(Cl)c3F)c2cc1C1(C)CN(C(=O)O)C1. The van der Waals surface area contributed by atoms with Gasteiger partial charge in [0, 0.05) is 35.5 Å². The number of amides is 1. The molecule has 1 amide bonds. The summed E-state index contributed by atoms with van der Waals surface area (Å²) in [6, 6.07) is 8.33. The van der Waals surface area contributed by atoms with Gasteiger partial charge in [-0.05, 0) is 18.2 Å². The summed E-state index contributed by atoms with van der Waals surface area (Å²) in [5.41, 5.74) is 1.24. The molecule has 4 rings (SSSR count). The van der Waals surface area contributed by atoms with E-state index in [1.54, 1.807) is 25.3 Å². The molecule has 1 fully saturated rings. The summed E-state index contributed by atoms with van der Waals surface area (Å²) in [6.45, 7) is 2.68. The lowest BCUT2D eigenvalue weighted by molar-refractivity contribution is 0.0671. The number of hydrogen-bond acceptors (Lipinski definition) is 5. The lowest BCUT2D eigenvalue weighted by Crippen LogP contribution is -2.59. The van der Waals surface area contributed by atoms with Gasteiger partial charge in [-0.15, -0.1) is 0 Å². The van der Waals surface area contributed by atoms with Crippen molar-refractivity contribution < 1.29 is 19.0 Å². The van der Waals surface area contributed by atoms with Gasteiger partial charge in [-0.1, -0.05) is 24.6 Å². The zero-order valence-corrected chi connectivity index (χ0v) is 16.5. The smallest absolute Gasteiger partial charge is 0.407 e. The van der Waals surface area contributed by atoms with Crippen LogP contribution in [-0.4, -0.2) is 46.3 Å². The molecule has 0 saturated carbocycles. The number of nitrogens with one attached hydrogen (secondary N) is 1. The quantitative estimate of drug-likeness (QED) is 0.654. The number of rotatable bonds is 4. The lowest BCUT2D eigenvalue weighted by Gasteiger charge is -2.47. The number of hydrogen-bond donors (Lipinski definition) is 2. The van der Waals surface area contributed by atoms with Crippen LogP contribution in [0.1, 0.15) is 12.5 Å². The normalized spacial score (nSPS) is 15.1. The third-order valence-electron chi connectivity index (χ3n) is 5.16. The fraction of sp³-hybridized carbons (Fsp3) is 0.250. The third kappa shape index (κ3) is 3.29. The molecule has 1 aromatic heterocycles. The van der Waals surface area contributed by atoms with Gasteiger partial charge in [-0.2, -0.15) is 0 Å². The summed E-state index contributed by atoms with van der Waals surface area (Å²) < 4.78 is 19.9. The summed E-state index contributed by atoms with van der Waals surface area (Å²) >= 11 is 5.87. The number of anilines is 2. The second kappa shape index (κ2) is 7.04. The molecule has 0 unspecified atom stereocenters. The first kappa shape index (κ1) is 19.2. The minimum Gasteiger partial charge on any atom is -0.496 e. The Kier molecular flexibility index (Phi) is 4.66. The Morgan fingerprint density at radius 2 is 2.10 bits per heavy atom. The van der Waals surface area contributed by atoms with E-state index in [0.717, 1.165) is 5.56 Å². The van der Waals surface area contributed by atoms with Crippen molar-refractivity contribution in [3.05, 3.63) is 53.1 Å². The molecular formula is C20H18ClFN4O3. The van der Waals surface area contributed by atoms with Crippen LogP contribution < -0.4 is 10.1 Å². The molecule has 2 heterocycles. The van der Waals surface area contributed by atoms with Crippen LogP contribution in [0.25, 0.3) is 10.9 Å². The van der Waals surface area contributed by atoms with Crippen LogP contribution in [-0.2, 0) is 5.41 Å². The van der Waals surface area contributed by atoms with E-state index in [4.69, 9.17) is 16.3 Å². The molecule has 2 aromatic carbocycles. The number of aromatic nitrogens is 2. The fourth-order valence-corrected chi connectivity index (χ4v) is 3.83. The van der Waals surface area contributed by atoms with E-state index >= 15 is 0 Å². The molecule has 0 bridgehead atoms. The number of likely N-dealkylation sites (tertiary alicyclic amines) is 1. The Balaban J connectivity index is 1.80. The van der Waals surface area contributed by atoms with Crippen molar-refractivity contribution in [3.63, 3.8) is 0 Å². The molecule has 0 radical (unpaired) electrons. The second-order valence-corrected chi connectivity index (χ2v) is 7.62. The molecular weight excluding hydrogens is 399 g/mol. The predicted octanol–water partition coefficient (Wildman–Crippen LogP) is 4.43. The molecule has 0 aliphatic carbocycles. The van der Waals surface area contributed by atoms with Crippen molar-refractivity contribution in [2.75, 3.05) is 25.5 Å². The standard InChI is InChI=1S/C20H18ClFN4O3/c1-20(8-26(9-20)19(27)28)12-6-11-15(7-16(12)29-2)23-10-24-18(11)25-14-5-3-4-13(21)17(14)22/h3-7,10H,8-9H2,1-2H3,(H,27,28)(H,23,24,25). The van der Waals surface area contributed by atoms with Crippen molar-refractivity contribution in [1.29, 1.82) is 0 Å². The Hall–Kier alpha value is -3.13. The highest BCUT2D eigenvalue weighted by Crippen LogP contribution is 2.42. The first-order valence-electron chi connectivity index (χ1n) is 8.84. The number of carboxylic acid groups (broad SMARTS) is 1. The van der Waals surface area contributed by atoms with Gasteiger partial charge < -0.3 is 20.1 Å². The number of methoxy groups -OCH3 is 1. The van der Waals surface area contributed by atoms with Crippen LogP contribution in [0.4, 0.5) is 20.7 Å². The van der Waals surface area contributed by atoms with Crippen LogP contribution in [0, 0.1) is 5.82 Å². The molecule has 2 N–H and O–H groups in total. The number of carbonyl (C=O) groups is 1. The number of fused-ring (bicyclic) bond motifs is 1. The van der Waals surface area contributed by atoms with Gasteiger partial charge in [-0.25, -0.2) is 19.2 Å². The number of nitrogens with zero attached hydrogens (tertiary/aromatic N) is 3. The molecule has 1 saturated heterocycles. The molecule has 3 aromatic rings. The maximum Gasteiger partial charge on any atom is 0.407 e. The number of halogens is 2. The highest BCUT2D eigenvalue weighted by Gasteiger charge is 2.44. The average molecular weight is 417 g/mol. The monoisotopic (exact) mass is 416 g/mol. The molecule has 0 spiro atoms. The summed E-state index contributed by atoms with van der Waals surface area (Å²) in [5, 5.41) is 12.8. The summed E-state index contributed by atoms with van der Waals surface area (Å²) in [4.78, 5) is 21.1. The van der Waals surface area contributed by atoms with E-state index in [1.807, 2.05) is 13.0 Å². The van der Waals surface area contributed by atoms with Crippen molar-refractivity contribution in [3.8, 4) is 5.75 Å². The van der Waals surface area contributed by atoms with Gasteiger partial charge in [0.15, 0.2) is 5.82 Å². The summed E-state index contributed by atoms with van der Waals surface area (Å²) in [7, 11) is 1.56. The van der Waals surface area contributed by atoms with Crippen LogP contribution in [0.2, 0.25) is 5.02 Å². The maximum absolute atomic E-state index is 14.3. The topological polar surface area (TPSA) is 87.6 Å². The molecule has 29 heavy (non-hydrogen) atoms. The van der Waals surface area contributed by atoms with Gasteiger partial charge in [0.1, 0.15) is 17.9 Å². The average Bonchev–Trinajstić information content (AvgIpc) is 2.68. The first-order valence-corrected chi connectivity index (χ1v) is 9.22. The van der Waals surface area contributed by atoms with E-state index in [9.17, 15) is 14.3 Å². The highest BCUT2D eigenvalue weighted by atomic mass is 35.5. The Morgan fingerprint density at radius 1 is 1.34 bits per heavy atom. The van der Waals surface area contributed by atoms with Crippen molar-refractivity contribution in [2.24, 2.45) is 0 Å². The molecule has 7 nitrogen and oxygen atoms in total. The zero-order valence-electron chi connectivity index (χ0n) is 15.7. The molecule has 1 aliphatic heterocycles. The van der Waals surface area contributed by atoms with E-state index < -0.39 is 17.3 Å². The van der Waals surface area contributed by atoms with Gasteiger partial charge in [-0.3, -0.25) is 0 Å². The van der Waals surface area contributed by atoms with Crippen LogP contribution in [0.3, 0.4) is 0 Å². The van der Waals surface area contributed by atoms with Gasteiger partial charge in [0.25, 0.3) is 0 Å². The molecule has 0 atom stereocenters. The Morgan fingerprint density at radius 3 is 2.79 bits per heavy atom. The minimum absolute atomic E-state index is 0.00598. The van der Waals surface area contributed by atoms with Crippen LogP contribution in [0.15, 0.2) is 36.7 Å². The Bertz CT molecular complexity index is 1120. The molecule has 9 heteroatoms. The van der Waals surface area contributed by atoms with Crippen molar-refractivity contribution >= 4 is 40.1 Å². The largest absolute Gasteiger partial charge is 0.496 e. The van der Waals surface area contributed by atoms with Gasteiger partial charge >= 0.3 is 6.09 Å². The van der Waals surface area contributed by atoms with Crippen molar-refractivity contribution in [1.82, 2.24) is 14.9 Å². The van der Waals surface area contributed by atoms with E-state index in [-0.39, 0.29) is 10.7 Å². The molecule has 1 aliphatic rings. The fourth-order valence-electron chi connectivity index (χ4n) is 3.65. The summed E-state index contributed by atoms with van der Waals surface area (Å²) in [5.74, 6) is 0.458. The van der Waals surface area contributed by atoms with Crippen LogP contribution >= 0.6 is 11.6 Å².